The van der Waals surface area contributed by atoms with E-state index in [-0.39, 0.29) is 23.6 Å². The lowest BCUT2D eigenvalue weighted by Gasteiger charge is -2.20. The molecule has 0 aromatic carbocycles. The number of carbonyl (C=O) groups excluding carboxylic acids is 1. The molecule has 0 spiro atoms. The highest BCUT2D eigenvalue weighted by Crippen LogP contribution is 2.35. The highest BCUT2D eigenvalue weighted by molar-refractivity contribution is 8.00. The highest BCUT2D eigenvalue weighted by Gasteiger charge is 2.27. The first-order valence-electron chi connectivity index (χ1n) is 10.8. The largest absolute Gasteiger partial charge is 0.310 e. The normalized spacial score (nSPS) is 15.8. The minimum absolute atomic E-state index is 0.0340. The molecule has 1 aliphatic rings. The summed E-state index contributed by atoms with van der Waals surface area (Å²) in [5, 5.41) is 8.22. The zero-order chi connectivity index (χ0) is 22.3. The van der Waals surface area contributed by atoms with E-state index < -0.39 is 5.25 Å². The zero-order valence-corrected chi connectivity index (χ0v) is 20.3. The van der Waals surface area contributed by atoms with Gasteiger partial charge in [-0.15, -0.1) is 11.3 Å². The van der Waals surface area contributed by atoms with E-state index in [1.165, 1.54) is 11.8 Å². The number of amides is 1. The number of rotatable bonds is 6. The Morgan fingerprint density at radius 2 is 1.97 bits per heavy atom. The Morgan fingerprint density at radius 3 is 2.65 bits per heavy atom. The van der Waals surface area contributed by atoms with Crippen molar-refractivity contribution < 1.29 is 4.79 Å². The molecular formula is C22H29N5O2S2. The Bertz CT molecular complexity index is 1170. The summed E-state index contributed by atoms with van der Waals surface area (Å²) in [7, 11) is 0. The molecule has 3 heterocycles. The molecule has 4 rings (SSSR count). The molecule has 1 atom stereocenters. The number of anilines is 1. The predicted molar refractivity (Wildman–Crippen MR) is 127 cm³/mol. The summed E-state index contributed by atoms with van der Waals surface area (Å²) in [5.74, 6) is 0.548. The van der Waals surface area contributed by atoms with Crippen molar-refractivity contribution >= 4 is 45.0 Å². The van der Waals surface area contributed by atoms with Crippen LogP contribution in [0.25, 0.3) is 10.2 Å². The molecule has 1 amide bonds. The van der Waals surface area contributed by atoms with Crippen LogP contribution in [-0.2, 0) is 4.79 Å². The molecular weight excluding hydrogens is 430 g/mol. The van der Waals surface area contributed by atoms with Gasteiger partial charge in [0.05, 0.1) is 16.8 Å². The second-order valence-corrected chi connectivity index (χ2v) is 11.0. The number of hydrogen-bond donors (Lipinski definition) is 1. The summed E-state index contributed by atoms with van der Waals surface area (Å²) < 4.78 is 3.65. The molecule has 0 saturated heterocycles. The van der Waals surface area contributed by atoms with Gasteiger partial charge in [-0.05, 0) is 53.0 Å². The quantitative estimate of drug-likeness (QED) is 0.410. The number of hydrogen-bond acceptors (Lipinski definition) is 6. The maximum absolute atomic E-state index is 13.5. The topological polar surface area (TPSA) is 81.8 Å². The Balaban J connectivity index is 1.66. The van der Waals surface area contributed by atoms with Crippen molar-refractivity contribution in [3.05, 3.63) is 33.1 Å². The van der Waals surface area contributed by atoms with Crippen LogP contribution < -0.4 is 10.9 Å². The summed E-state index contributed by atoms with van der Waals surface area (Å²) in [6, 6.07) is 2.10. The number of nitrogens with zero attached hydrogens (tertiary/aromatic N) is 4. The van der Waals surface area contributed by atoms with Crippen molar-refractivity contribution in [1.82, 2.24) is 19.3 Å². The lowest BCUT2D eigenvalue weighted by atomic mass is 10.2. The van der Waals surface area contributed by atoms with E-state index in [0.29, 0.717) is 11.0 Å². The lowest BCUT2D eigenvalue weighted by Crippen LogP contribution is -2.29. The highest BCUT2D eigenvalue weighted by atomic mass is 32.2. The van der Waals surface area contributed by atoms with E-state index in [4.69, 9.17) is 4.98 Å². The summed E-state index contributed by atoms with van der Waals surface area (Å²) in [6.07, 6.45) is 5.89. The van der Waals surface area contributed by atoms with Crippen molar-refractivity contribution in [2.75, 3.05) is 5.32 Å². The average molecular weight is 460 g/mol. The van der Waals surface area contributed by atoms with E-state index >= 15 is 0 Å². The maximum Gasteiger partial charge on any atom is 0.263 e. The third kappa shape index (κ3) is 4.17. The number of nitrogens with one attached hydrogen (secondary N) is 1. The van der Waals surface area contributed by atoms with E-state index in [1.807, 2.05) is 39.2 Å². The molecule has 0 bridgehead atoms. The Labute approximate surface area is 190 Å². The Hall–Kier alpha value is -2.13. The fourth-order valence-electron chi connectivity index (χ4n) is 4.12. The first-order chi connectivity index (χ1) is 14.8. The number of aryl methyl sites for hydroxylation is 2. The van der Waals surface area contributed by atoms with Crippen LogP contribution in [0.1, 0.15) is 69.0 Å². The first-order valence-corrected chi connectivity index (χ1v) is 12.5. The van der Waals surface area contributed by atoms with Gasteiger partial charge in [-0.3, -0.25) is 14.2 Å². The summed E-state index contributed by atoms with van der Waals surface area (Å²) in [4.78, 5) is 33.2. The molecule has 9 heteroatoms. The third-order valence-corrected chi connectivity index (χ3v) is 8.12. The van der Waals surface area contributed by atoms with Gasteiger partial charge in [0, 0.05) is 23.0 Å². The van der Waals surface area contributed by atoms with Crippen molar-refractivity contribution in [3.63, 3.8) is 0 Å². The minimum Gasteiger partial charge on any atom is -0.310 e. The molecule has 1 saturated carbocycles. The monoisotopic (exact) mass is 459 g/mol. The molecule has 0 radical (unpaired) electrons. The van der Waals surface area contributed by atoms with Crippen LogP contribution in [0.4, 0.5) is 5.82 Å². The first kappa shape index (κ1) is 22.1. The number of carbonyl (C=O) groups is 1. The van der Waals surface area contributed by atoms with Gasteiger partial charge >= 0.3 is 0 Å². The number of thiophene rings is 1. The fourth-order valence-corrected chi connectivity index (χ4v) is 6.17. The van der Waals surface area contributed by atoms with Crippen LogP contribution in [0.15, 0.2) is 22.2 Å². The van der Waals surface area contributed by atoms with Gasteiger partial charge in [0.1, 0.15) is 10.6 Å². The van der Waals surface area contributed by atoms with Crippen LogP contribution in [0, 0.1) is 13.8 Å². The van der Waals surface area contributed by atoms with Gasteiger partial charge < -0.3 is 5.32 Å². The van der Waals surface area contributed by atoms with E-state index in [1.54, 1.807) is 28.3 Å². The fraction of sp³-hybridized carbons (Fsp3) is 0.545. The van der Waals surface area contributed by atoms with Crippen LogP contribution >= 0.6 is 23.1 Å². The van der Waals surface area contributed by atoms with Crippen LogP contribution in [0.3, 0.4) is 0 Å². The minimum atomic E-state index is -0.408. The number of fused-ring (bicyclic) bond motifs is 1. The molecule has 1 unspecified atom stereocenters. The lowest BCUT2D eigenvalue weighted by molar-refractivity contribution is -0.115. The predicted octanol–water partition coefficient (Wildman–Crippen LogP) is 5.09. The van der Waals surface area contributed by atoms with Gasteiger partial charge in [0.15, 0.2) is 5.16 Å². The molecule has 31 heavy (non-hydrogen) atoms. The molecule has 3 aromatic rings. The Kier molecular flexibility index (Phi) is 6.25. The molecule has 166 valence electrons. The van der Waals surface area contributed by atoms with Crippen LogP contribution in [-0.4, -0.2) is 30.5 Å². The van der Waals surface area contributed by atoms with Gasteiger partial charge in [-0.1, -0.05) is 24.6 Å². The summed E-state index contributed by atoms with van der Waals surface area (Å²) >= 11 is 2.92. The van der Waals surface area contributed by atoms with Gasteiger partial charge in [-0.2, -0.15) is 5.10 Å². The number of thioether (sulfide) groups is 1. The Morgan fingerprint density at radius 1 is 1.26 bits per heavy atom. The van der Waals surface area contributed by atoms with Gasteiger partial charge in [-0.25, -0.2) is 9.67 Å². The average Bonchev–Trinajstić information content (AvgIpc) is 3.44. The molecule has 3 aromatic heterocycles. The van der Waals surface area contributed by atoms with Gasteiger partial charge in [0.25, 0.3) is 5.56 Å². The van der Waals surface area contributed by atoms with E-state index in [0.717, 1.165) is 46.3 Å². The van der Waals surface area contributed by atoms with E-state index in [9.17, 15) is 9.59 Å². The summed E-state index contributed by atoms with van der Waals surface area (Å²) in [5.41, 5.74) is 1.06. The molecule has 7 nitrogen and oxygen atoms in total. The molecule has 1 aliphatic carbocycles. The molecule has 1 N–H and O–H groups in total. The third-order valence-electron chi connectivity index (χ3n) is 5.95. The maximum atomic E-state index is 13.5. The van der Waals surface area contributed by atoms with Crippen molar-refractivity contribution in [3.8, 4) is 0 Å². The van der Waals surface area contributed by atoms with Crippen molar-refractivity contribution in [2.45, 2.75) is 82.8 Å². The van der Waals surface area contributed by atoms with Crippen molar-refractivity contribution in [1.29, 1.82) is 0 Å². The SMILES string of the molecule is Cc1sc2nc(SC(C)C(=O)Nc3ccnn3C(C)C)n(C3CCCC3)c(=O)c2c1C. The second kappa shape index (κ2) is 8.78. The van der Waals surface area contributed by atoms with E-state index in [2.05, 4.69) is 10.4 Å². The molecule has 0 aliphatic heterocycles. The number of aromatic nitrogens is 4. The zero-order valence-electron chi connectivity index (χ0n) is 18.6. The standard InChI is InChI=1S/C22H29N5O2S2/c1-12(2)27-17(10-11-23-27)24-19(28)15(5)31-22-25-20-18(13(3)14(4)30-20)21(29)26(22)16-8-6-7-9-16/h10-12,15-16H,6-9H2,1-5H3,(H,24,28). The summed E-state index contributed by atoms with van der Waals surface area (Å²) in [6.45, 7) is 9.92. The second-order valence-electron chi connectivity index (χ2n) is 8.48. The smallest absolute Gasteiger partial charge is 0.263 e. The van der Waals surface area contributed by atoms with Crippen molar-refractivity contribution in [2.24, 2.45) is 0 Å². The van der Waals surface area contributed by atoms with Gasteiger partial charge in [0.2, 0.25) is 5.91 Å². The van der Waals surface area contributed by atoms with Crippen LogP contribution in [0.5, 0.6) is 0 Å². The van der Waals surface area contributed by atoms with Crippen LogP contribution in [0.2, 0.25) is 0 Å². The molecule has 1 fully saturated rings.